The van der Waals surface area contributed by atoms with Gasteiger partial charge in [0.2, 0.25) is 0 Å². The SMILES string of the molecule is CC[C@H]1OC(=O)[C@H](C)[C@H]2OC/C(=N/OCC(=O)Nc3ccccc3-c3ccccc3)CO[C@](C)(C[C@@H](C)C(=O)[C@H](C)[C@@H]3CC(=O)O[C@]13C)[C@H](O[C@@H]1O[C@H](C)C[C@H](N(C)C)[C@H]1O)[C@H]2C. The standard InChI is InChI=1S/C48H67N3O12/c1-11-38-48(8)35(22-40(53)63-48)29(4)41(54)27(2)23-47(7)44(62-46-42(55)37(51(9)10)21-28(3)60-46)30(5)43(31(6)45(56)61-38)57-24-33(25-58-47)50-59-26-39(52)49-36-20-16-15-19-34(36)32-17-13-12-14-18-32/h12-20,27-31,35,37-38,42-44,46,55H,11,21-26H2,1-10H3,(H,49,52)/b50-33-/t27-,28-,29-,30+,31-,35+,37+,38-,42-,43+,44-,46+,47-,48+/m1/s1. The number of benzene rings is 2. The molecule has 4 fully saturated rings. The number of aliphatic hydroxyl groups is 1. The highest BCUT2D eigenvalue weighted by Gasteiger charge is 2.57. The van der Waals surface area contributed by atoms with Gasteiger partial charge in [-0.3, -0.25) is 19.2 Å². The lowest BCUT2D eigenvalue weighted by Gasteiger charge is -2.48. The number of fused-ring (bicyclic) bond motifs is 4. The van der Waals surface area contributed by atoms with E-state index in [0.29, 0.717) is 18.5 Å². The molecule has 4 saturated heterocycles. The lowest BCUT2D eigenvalue weighted by atomic mass is 9.70. The fourth-order valence-corrected chi connectivity index (χ4v) is 10.2. The van der Waals surface area contributed by atoms with Crippen LogP contribution in [0.25, 0.3) is 11.1 Å². The largest absolute Gasteiger partial charge is 0.458 e. The maximum Gasteiger partial charge on any atom is 0.311 e. The molecule has 63 heavy (non-hydrogen) atoms. The van der Waals surface area contributed by atoms with Crippen LogP contribution >= 0.6 is 0 Å². The lowest BCUT2D eigenvalue weighted by Crippen LogP contribution is -2.60. The van der Waals surface area contributed by atoms with Crippen molar-refractivity contribution in [3.8, 4) is 11.1 Å². The molecule has 4 heterocycles. The predicted octanol–water partition coefficient (Wildman–Crippen LogP) is 5.81. The topological polar surface area (TPSA) is 181 Å². The summed E-state index contributed by atoms with van der Waals surface area (Å²) in [6.07, 6.45) is -4.06. The van der Waals surface area contributed by atoms with Crippen molar-refractivity contribution < 1.29 is 57.5 Å². The van der Waals surface area contributed by atoms with Crippen LogP contribution < -0.4 is 5.32 Å². The van der Waals surface area contributed by atoms with Gasteiger partial charge in [-0.15, -0.1) is 0 Å². The number of hydrogen-bond acceptors (Lipinski definition) is 14. The highest BCUT2D eigenvalue weighted by Crippen LogP contribution is 2.46. The molecular formula is C48H67N3O12. The number of hydrogen-bond donors (Lipinski definition) is 2. The minimum atomic E-state index is -1.30. The molecule has 0 radical (unpaired) electrons. The summed E-state index contributed by atoms with van der Waals surface area (Å²) in [5.41, 5.74) is 0.129. The molecule has 346 valence electrons. The second kappa shape index (κ2) is 20.3. The summed E-state index contributed by atoms with van der Waals surface area (Å²) in [5, 5.41) is 19.0. The Balaban J connectivity index is 1.35. The van der Waals surface area contributed by atoms with Gasteiger partial charge in [-0.05, 0) is 72.7 Å². The van der Waals surface area contributed by atoms with Crippen LogP contribution in [0.2, 0.25) is 0 Å². The number of cyclic esters (lactones) is 1. The van der Waals surface area contributed by atoms with Crippen molar-refractivity contribution in [1.82, 2.24) is 4.90 Å². The number of esters is 2. The number of likely N-dealkylation sites (N-methyl/N-ethyl adjacent to an activating group) is 1. The zero-order valence-electron chi connectivity index (χ0n) is 38.4. The van der Waals surface area contributed by atoms with Crippen molar-refractivity contribution in [3.05, 3.63) is 54.6 Å². The van der Waals surface area contributed by atoms with E-state index in [4.69, 9.17) is 33.3 Å². The number of Topliss-reactive ketones (excluding diaryl/α,β-unsaturated/α-hetero) is 1. The van der Waals surface area contributed by atoms with Gasteiger partial charge in [-0.25, -0.2) is 0 Å². The molecule has 4 aliphatic heterocycles. The molecule has 4 aliphatic rings. The number of carbonyl (C=O) groups excluding carboxylic acids is 4. The molecule has 2 bridgehead atoms. The molecule has 15 heteroatoms. The van der Waals surface area contributed by atoms with Crippen LogP contribution in [0.15, 0.2) is 59.8 Å². The van der Waals surface area contributed by atoms with Crippen LogP contribution in [0.3, 0.4) is 0 Å². The molecule has 2 N–H and O–H groups in total. The van der Waals surface area contributed by atoms with E-state index in [1.807, 2.05) is 108 Å². The van der Waals surface area contributed by atoms with Gasteiger partial charge in [0, 0.05) is 41.0 Å². The summed E-state index contributed by atoms with van der Waals surface area (Å²) in [7, 11) is 3.78. The first kappa shape index (κ1) is 48.2. The molecule has 1 amide bonds. The number of anilines is 1. The number of para-hydroxylation sites is 1. The van der Waals surface area contributed by atoms with Crippen molar-refractivity contribution in [2.75, 3.05) is 39.2 Å². The molecule has 14 atom stereocenters. The Morgan fingerprint density at radius 3 is 2.37 bits per heavy atom. The van der Waals surface area contributed by atoms with Gasteiger partial charge in [0.25, 0.3) is 5.91 Å². The minimum Gasteiger partial charge on any atom is -0.458 e. The fourth-order valence-electron chi connectivity index (χ4n) is 10.2. The molecule has 0 aliphatic carbocycles. The number of amides is 1. The first-order chi connectivity index (χ1) is 29.9. The first-order valence-electron chi connectivity index (χ1n) is 22.4. The van der Waals surface area contributed by atoms with E-state index in [-0.39, 0.29) is 49.7 Å². The molecule has 0 aromatic heterocycles. The van der Waals surface area contributed by atoms with E-state index < -0.39 is 96.0 Å². The summed E-state index contributed by atoms with van der Waals surface area (Å²) < 4.78 is 38.9. The van der Waals surface area contributed by atoms with Gasteiger partial charge in [0.15, 0.2) is 12.9 Å². The second-order valence-electron chi connectivity index (χ2n) is 18.6. The highest BCUT2D eigenvalue weighted by atomic mass is 16.7. The maximum atomic E-state index is 14.6. The van der Waals surface area contributed by atoms with E-state index in [1.165, 1.54) is 0 Å². The van der Waals surface area contributed by atoms with Crippen LogP contribution in [0, 0.1) is 29.6 Å². The van der Waals surface area contributed by atoms with Gasteiger partial charge in [0.05, 0.1) is 49.5 Å². The van der Waals surface area contributed by atoms with E-state index in [0.717, 1.165) is 11.1 Å². The summed E-state index contributed by atoms with van der Waals surface area (Å²) in [4.78, 5) is 62.8. The van der Waals surface area contributed by atoms with Gasteiger partial charge >= 0.3 is 11.9 Å². The van der Waals surface area contributed by atoms with Crippen molar-refractivity contribution in [2.24, 2.45) is 34.7 Å². The Labute approximate surface area is 371 Å². The van der Waals surface area contributed by atoms with Crippen LogP contribution in [-0.4, -0.2) is 127 Å². The Bertz CT molecular complexity index is 1960. The molecule has 0 spiro atoms. The van der Waals surface area contributed by atoms with Crippen LogP contribution in [0.1, 0.15) is 81.1 Å². The molecule has 2 aromatic rings. The van der Waals surface area contributed by atoms with Gasteiger partial charge in [-0.2, -0.15) is 0 Å². The minimum absolute atomic E-state index is 0.00151. The average Bonchev–Trinajstić information content (AvgIpc) is 3.58. The van der Waals surface area contributed by atoms with Crippen LogP contribution in [0.4, 0.5) is 5.69 Å². The van der Waals surface area contributed by atoms with E-state index >= 15 is 0 Å². The van der Waals surface area contributed by atoms with Crippen molar-refractivity contribution >= 4 is 35.0 Å². The van der Waals surface area contributed by atoms with Crippen molar-refractivity contribution in [2.45, 2.75) is 135 Å². The number of ether oxygens (including phenoxy) is 6. The van der Waals surface area contributed by atoms with E-state index in [2.05, 4.69) is 10.5 Å². The smallest absolute Gasteiger partial charge is 0.311 e. The quantitative estimate of drug-likeness (QED) is 0.228. The third-order valence-corrected chi connectivity index (χ3v) is 13.7. The Hall–Kier alpha value is -4.25. The number of nitrogens with zero attached hydrogens (tertiary/aromatic N) is 2. The zero-order chi connectivity index (χ0) is 45.8. The van der Waals surface area contributed by atoms with Crippen LogP contribution in [0.5, 0.6) is 0 Å². The number of aliphatic hydroxyl groups excluding tert-OH is 1. The van der Waals surface area contributed by atoms with Crippen molar-refractivity contribution in [1.29, 1.82) is 0 Å². The number of ketones is 1. The van der Waals surface area contributed by atoms with Gasteiger partial charge in [-0.1, -0.05) is 81.4 Å². The molecule has 6 rings (SSSR count). The third kappa shape index (κ3) is 10.7. The predicted molar refractivity (Wildman–Crippen MR) is 234 cm³/mol. The second-order valence-corrected chi connectivity index (χ2v) is 18.6. The molecular weight excluding hydrogens is 811 g/mol. The van der Waals surface area contributed by atoms with E-state index in [9.17, 15) is 24.3 Å². The summed E-state index contributed by atoms with van der Waals surface area (Å²) in [5.74, 6) is -5.00. The Morgan fingerprint density at radius 2 is 1.67 bits per heavy atom. The molecule has 15 nitrogen and oxygen atoms in total. The number of oxime groups is 1. The first-order valence-corrected chi connectivity index (χ1v) is 22.4. The van der Waals surface area contributed by atoms with Crippen LogP contribution in [-0.2, 0) is 52.4 Å². The Morgan fingerprint density at radius 1 is 0.968 bits per heavy atom. The third-order valence-electron chi connectivity index (χ3n) is 13.7. The summed E-state index contributed by atoms with van der Waals surface area (Å²) in [6, 6.07) is 16.9. The van der Waals surface area contributed by atoms with Crippen molar-refractivity contribution in [3.63, 3.8) is 0 Å². The average molecular weight is 878 g/mol. The van der Waals surface area contributed by atoms with Gasteiger partial charge < -0.3 is 48.6 Å². The zero-order valence-corrected chi connectivity index (χ0v) is 38.4. The summed E-state index contributed by atoms with van der Waals surface area (Å²) >= 11 is 0. The summed E-state index contributed by atoms with van der Waals surface area (Å²) in [6.45, 7) is 13.9. The molecule has 2 aromatic carbocycles. The lowest BCUT2D eigenvalue weighted by molar-refractivity contribution is -0.302. The van der Waals surface area contributed by atoms with Gasteiger partial charge in [0.1, 0.15) is 29.3 Å². The maximum absolute atomic E-state index is 14.6. The molecule has 0 unspecified atom stereocenters. The number of carbonyl (C=O) groups is 4. The van der Waals surface area contributed by atoms with E-state index in [1.54, 1.807) is 20.8 Å². The monoisotopic (exact) mass is 877 g/mol. The normalized spacial score (nSPS) is 37.5. The Kier molecular flexibility index (Phi) is 15.5. The molecule has 0 saturated carbocycles. The number of nitrogens with one attached hydrogen (secondary N) is 1. The highest BCUT2D eigenvalue weighted by molar-refractivity contribution is 5.96. The number of rotatable bonds is 9. The fraction of sp³-hybridized carbons (Fsp3) is 0.646.